The summed E-state index contributed by atoms with van der Waals surface area (Å²) < 4.78 is 5.18. The molecule has 0 spiro atoms. The van der Waals surface area contributed by atoms with Crippen LogP contribution in [-0.2, 0) is 0 Å². The van der Waals surface area contributed by atoms with Crippen molar-refractivity contribution in [2.75, 3.05) is 9.80 Å². The molecular formula is C64H57N3SSi2. The Labute approximate surface area is 417 Å². The molecule has 0 amide bonds. The number of benzene rings is 10. The first kappa shape index (κ1) is 44.0. The van der Waals surface area contributed by atoms with Gasteiger partial charge >= 0.3 is 0 Å². The van der Waals surface area contributed by atoms with E-state index in [1.807, 2.05) is 11.3 Å². The van der Waals surface area contributed by atoms with Gasteiger partial charge in [-0.15, -0.1) is 11.3 Å². The van der Waals surface area contributed by atoms with Crippen molar-refractivity contribution in [1.82, 2.24) is 4.57 Å². The molecule has 3 nitrogen and oxygen atoms in total. The van der Waals surface area contributed by atoms with Crippen LogP contribution in [0, 0.1) is 13.8 Å². The lowest BCUT2D eigenvalue weighted by molar-refractivity contribution is 1.20. The number of aryl methyl sites for hydroxylation is 2. The average molecular weight is 956 g/mol. The predicted octanol–water partition coefficient (Wildman–Crippen LogP) is 18.1. The minimum absolute atomic E-state index is 1.13. The van der Waals surface area contributed by atoms with Gasteiger partial charge in [0.1, 0.15) is 0 Å². The first-order valence-electron chi connectivity index (χ1n) is 24.6. The Morgan fingerprint density at radius 1 is 0.371 bits per heavy atom. The van der Waals surface area contributed by atoms with Gasteiger partial charge in [-0.3, -0.25) is 0 Å². The molecule has 0 saturated heterocycles. The molecule has 0 saturated carbocycles. The Balaban J connectivity index is 1.25. The zero-order chi connectivity index (χ0) is 48.1. The number of fused-ring (bicyclic) bond motifs is 10. The van der Waals surface area contributed by atoms with E-state index in [4.69, 9.17) is 0 Å². The molecule has 0 fully saturated rings. The average Bonchev–Trinajstić information content (AvgIpc) is 3.91. The molecule has 0 unspecified atom stereocenters. The molecular weight excluding hydrogens is 899 g/mol. The van der Waals surface area contributed by atoms with E-state index in [1.165, 1.54) is 90.7 Å². The van der Waals surface area contributed by atoms with E-state index in [1.54, 1.807) is 0 Å². The van der Waals surface area contributed by atoms with Crippen molar-refractivity contribution >= 4 is 136 Å². The maximum Gasteiger partial charge on any atom is 0.0775 e. The lowest BCUT2D eigenvalue weighted by atomic mass is 9.96. The number of aromatic nitrogens is 1. The van der Waals surface area contributed by atoms with Crippen molar-refractivity contribution in [3.8, 4) is 5.69 Å². The number of anilines is 6. The van der Waals surface area contributed by atoms with E-state index in [9.17, 15) is 0 Å². The second-order valence-electron chi connectivity index (χ2n) is 21.2. The van der Waals surface area contributed by atoms with Crippen molar-refractivity contribution in [2.24, 2.45) is 0 Å². The van der Waals surface area contributed by atoms with E-state index in [2.05, 4.69) is 268 Å². The minimum atomic E-state index is -1.55. The molecule has 12 aromatic rings. The molecule has 0 atom stereocenters. The Kier molecular flexibility index (Phi) is 10.5. The van der Waals surface area contributed by atoms with Gasteiger partial charge in [0.2, 0.25) is 0 Å². The highest BCUT2D eigenvalue weighted by Crippen LogP contribution is 2.51. The van der Waals surface area contributed by atoms with Crippen molar-refractivity contribution in [3.63, 3.8) is 0 Å². The van der Waals surface area contributed by atoms with Crippen LogP contribution in [0.15, 0.2) is 200 Å². The van der Waals surface area contributed by atoms with Gasteiger partial charge in [-0.05, 0) is 97.4 Å². The normalized spacial score (nSPS) is 12.3. The SMILES string of the molecule is Cc1ccc(N(c2ccc([Si](C)(C)C)cc2)c2cc3c(c4ccccc24)c2c4ccccc4c(N(c4ccc(C)cc4)c4ccc([Si](C)(C)C)cc4)cc2n3-c2cccc3c2sc2ccccc23)cc1. The maximum atomic E-state index is 2.61. The molecule has 0 radical (unpaired) electrons. The largest absolute Gasteiger partial charge is 0.310 e. The lowest BCUT2D eigenvalue weighted by Crippen LogP contribution is -2.37. The number of nitrogens with zero attached hydrogens (tertiary/aromatic N) is 3. The van der Waals surface area contributed by atoms with Gasteiger partial charge in [-0.2, -0.15) is 0 Å². The molecule has 342 valence electrons. The van der Waals surface area contributed by atoms with Gasteiger partial charge in [0.15, 0.2) is 0 Å². The van der Waals surface area contributed by atoms with E-state index in [-0.39, 0.29) is 0 Å². The summed E-state index contributed by atoms with van der Waals surface area (Å²) in [6, 6.07) is 76.0. The third-order valence-corrected chi connectivity index (χ3v) is 19.7. The van der Waals surface area contributed by atoms with Crippen molar-refractivity contribution in [3.05, 3.63) is 211 Å². The number of hydrogen-bond donors (Lipinski definition) is 0. The number of rotatable bonds is 9. The van der Waals surface area contributed by atoms with Crippen LogP contribution >= 0.6 is 11.3 Å². The van der Waals surface area contributed by atoms with E-state index < -0.39 is 16.1 Å². The third kappa shape index (κ3) is 7.36. The summed E-state index contributed by atoms with van der Waals surface area (Å²) in [5, 5.41) is 12.9. The summed E-state index contributed by atoms with van der Waals surface area (Å²) in [4.78, 5) is 4.98. The van der Waals surface area contributed by atoms with Gasteiger partial charge in [0.05, 0.1) is 48.9 Å². The fraction of sp³-hybridized carbons (Fsp3) is 0.125. The van der Waals surface area contributed by atoms with E-state index in [0.717, 1.165) is 34.1 Å². The Hall–Kier alpha value is -7.23. The molecule has 2 aromatic heterocycles. The second-order valence-corrected chi connectivity index (χ2v) is 32.4. The summed E-state index contributed by atoms with van der Waals surface area (Å²) in [7, 11) is -3.10. The Bertz CT molecular complexity index is 3760. The molecule has 0 aliphatic rings. The highest BCUT2D eigenvalue weighted by Gasteiger charge is 2.28. The summed E-state index contributed by atoms with van der Waals surface area (Å²) >= 11 is 1.89. The maximum absolute atomic E-state index is 2.61. The lowest BCUT2D eigenvalue weighted by Gasteiger charge is -2.28. The van der Waals surface area contributed by atoms with Crippen LogP contribution in [0.4, 0.5) is 34.1 Å². The fourth-order valence-corrected chi connectivity index (χ4v) is 14.2. The molecule has 70 heavy (non-hydrogen) atoms. The highest BCUT2D eigenvalue weighted by atomic mass is 32.1. The fourth-order valence-electron chi connectivity index (χ4n) is 10.7. The second kappa shape index (κ2) is 16.7. The van der Waals surface area contributed by atoms with Gasteiger partial charge in [-0.25, -0.2) is 0 Å². The standard InChI is InChI=1S/C64H57N3SSi2/c1-42-24-28-44(29-25-42)65(46-32-36-48(37-33-46)69(3,4)5)57-40-59-62(53-19-11-9-16-50(53)57)63-54-20-12-10-17-51(54)58(66(45-30-26-43(2)27-31-45)47-34-38-49(39-35-47)70(6,7)8)41-60(63)67(59)56-22-15-21-55-52-18-13-14-23-61(52)68-64(55)56/h9-41H,1-8H3. The van der Waals surface area contributed by atoms with E-state index in [0.29, 0.717) is 0 Å². The minimum Gasteiger partial charge on any atom is -0.310 e. The third-order valence-electron chi connectivity index (χ3n) is 14.4. The van der Waals surface area contributed by atoms with Gasteiger partial charge < -0.3 is 14.4 Å². The summed E-state index contributed by atoms with van der Waals surface area (Å²) in [6.45, 7) is 18.9. The van der Waals surface area contributed by atoms with Crippen LogP contribution in [0.3, 0.4) is 0 Å². The summed E-state index contributed by atoms with van der Waals surface area (Å²) in [5.41, 5.74) is 12.9. The van der Waals surface area contributed by atoms with Crippen LogP contribution in [0.2, 0.25) is 39.3 Å². The van der Waals surface area contributed by atoms with Gasteiger partial charge in [0, 0.05) is 59.8 Å². The Morgan fingerprint density at radius 2 is 0.743 bits per heavy atom. The van der Waals surface area contributed by atoms with Crippen molar-refractivity contribution in [2.45, 2.75) is 53.1 Å². The summed E-state index contributed by atoms with van der Waals surface area (Å²) in [5.74, 6) is 0. The molecule has 0 bridgehead atoms. The molecule has 10 aromatic carbocycles. The zero-order valence-electron chi connectivity index (χ0n) is 41.3. The molecule has 0 N–H and O–H groups in total. The van der Waals surface area contributed by atoms with Gasteiger partial charge in [0.25, 0.3) is 0 Å². The zero-order valence-corrected chi connectivity index (χ0v) is 44.1. The molecule has 12 rings (SSSR count). The first-order valence-corrected chi connectivity index (χ1v) is 32.4. The highest BCUT2D eigenvalue weighted by molar-refractivity contribution is 7.26. The Morgan fingerprint density at radius 3 is 1.17 bits per heavy atom. The van der Waals surface area contributed by atoms with Crippen LogP contribution in [0.1, 0.15) is 11.1 Å². The first-order chi connectivity index (χ1) is 33.8. The van der Waals surface area contributed by atoms with Crippen molar-refractivity contribution < 1.29 is 0 Å². The number of thiophene rings is 1. The predicted molar refractivity (Wildman–Crippen MR) is 313 cm³/mol. The quantitative estimate of drug-likeness (QED) is 0.134. The van der Waals surface area contributed by atoms with Crippen molar-refractivity contribution in [1.29, 1.82) is 0 Å². The van der Waals surface area contributed by atoms with Crippen LogP contribution in [0.25, 0.3) is 69.2 Å². The monoisotopic (exact) mass is 955 g/mol. The molecule has 6 heteroatoms. The van der Waals surface area contributed by atoms with Crippen LogP contribution in [0.5, 0.6) is 0 Å². The topological polar surface area (TPSA) is 11.4 Å². The number of hydrogen-bond acceptors (Lipinski definition) is 3. The molecule has 2 heterocycles. The summed E-state index contributed by atoms with van der Waals surface area (Å²) in [6.07, 6.45) is 0. The smallest absolute Gasteiger partial charge is 0.0775 e. The van der Waals surface area contributed by atoms with E-state index >= 15 is 0 Å². The van der Waals surface area contributed by atoms with Gasteiger partial charge in [-0.1, -0.05) is 188 Å². The van der Waals surface area contributed by atoms with Crippen LogP contribution < -0.4 is 20.2 Å². The van der Waals surface area contributed by atoms with Crippen LogP contribution in [-0.4, -0.2) is 20.7 Å². The molecule has 0 aliphatic carbocycles. The molecule has 0 aliphatic heterocycles.